The number of aliphatic imine (C=N–C) groups is 1. The molecule has 0 saturated heterocycles. The number of amides is 1. The molecule has 3 heteroatoms. The maximum atomic E-state index is 11.5. The number of fused-ring (bicyclic) bond motifs is 2. The number of hydrogen-bond donors (Lipinski definition) is 0. The lowest BCUT2D eigenvalue weighted by Gasteiger charge is -2.33. The van der Waals surface area contributed by atoms with E-state index in [1.165, 1.54) is 10.4 Å². The van der Waals surface area contributed by atoms with E-state index < -0.39 is 0 Å². The fraction of sp³-hybridized carbons (Fsp3) is 0.286. The van der Waals surface area contributed by atoms with E-state index in [1.807, 2.05) is 19.1 Å². The molecule has 0 bridgehead atoms. The zero-order chi connectivity index (χ0) is 12.0. The van der Waals surface area contributed by atoms with Crippen molar-refractivity contribution in [2.24, 2.45) is 4.99 Å². The van der Waals surface area contributed by atoms with E-state index in [2.05, 4.69) is 35.1 Å². The molecule has 0 spiro atoms. The summed E-state index contributed by atoms with van der Waals surface area (Å²) in [7, 11) is 0. The SMILES string of the molecule is CC1=c2ccccc2=CN2C1=NC(=O)CC2C. The summed E-state index contributed by atoms with van der Waals surface area (Å²) in [5.41, 5.74) is 1.09. The Kier molecular flexibility index (Phi) is 2.15. The Balaban J connectivity index is 2.34. The summed E-state index contributed by atoms with van der Waals surface area (Å²) in [6.45, 7) is 4.09. The Morgan fingerprint density at radius 2 is 2.12 bits per heavy atom. The molecule has 0 radical (unpaired) electrons. The minimum absolute atomic E-state index is 0.0177. The van der Waals surface area contributed by atoms with Gasteiger partial charge in [-0.05, 0) is 29.9 Å². The predicted octanol–water partition coefficient (Wildman–Crippen LogP) is 0.628. The predicted molar refractivity (Wildman–Crippen MR) is 67.6 cm³/mol. The normalized spacial score (nSPS) is 22.6. The van der Waals surface area contributed by atoms with Crippen LogP contribution in [0.5, 0.6) is 0 Å². The zero-order valence-electron chi connectivity index (χ0n) is 9.97. The fourth-order valence-corrected chi connectivity index (χ4v) is 2.47. The lowest BCUT2D eigenvalue weighted by Crippen LogP contribution is -2.48. The van der Waals surface area contributed by atoms with E-state index >= 15 is 0 Å². The number of rotatable bonds is 0. The Morgan fingerprint density at radius 3 is 2.94 bits per heavy atom. The minimum atomic E-state index is -0.0177. The first-order chi connectivity index (χ1) is 8.16. The van der Waals surface area contributed by atoms with Gasteiger partial charge in [0, 0.05) is 18.7 Å². The fourth-order valence-electron chi connectivity index (χ4n) is 2.47. The number of benzene rings is 1. The molecule has 1 unspecified atom stereocenters. The molecule has 0 N–H and O–H groups in total. The highest BCUT2D eigenvalue weighted by Gasteiger charge is 2.27. The first kappa shape index (κ1) is 10.3. The molecule has 0 aliphatic carbocycles. The zero-order valence-corrected chi connectivity index (χ0v) is 9.97. The van der Waals surface area contributed by atoms with Gasteiger partial charge in [0.25, 0.3) is 0 Å². The Hall–Kier alpha value is -1.90. The van der Waals surface area contributed by atoms with Gasteiger partial charge in [-0.15, -0.1) is 0 Å². The molecule has 0 aromatic heterocycles. The van der Waals surface area contributed by atoms with E-state index in [0.29, 0.717) is 6.42 Å². The van der Waals surface area contributed by atoms with Crippen LogP contribution in [-0.4, -0.2) is 22.7 Å². The smallest absolute Gasteiger partial charge is 0.249 e. The first-order valence-corrected chi connectivity index (χ1v) is 5.85. The van der Waals surface area contributed by atoms with Crippen molar-refractivity contribution in [1.29, 1.82) is 0 Å². The number of nitrogens with zero attached hydrogens (tertiary/aromatic N) is 2. The lowest BCUT2D eigenvalue weighted by molar-refractivity contribution is -0.119. The van der Waals surface area contributed by atoms with Crippen LogP contribution in [0.3, 0.4) is 0 Å². The summed E-state index contributed by atoms with van der Waals surface area (Å²) in [6.07, 6.45) is 2.59. The van der Waals surface area contributed by atoms with Crippen LogP contribution in [0.2, 0.25) is 0 Å². The standard InChI is InChI=1S/C14H14N2O/c1-9-7-13(17)15-14-10(2)12-6-4-3-5-11(12)8-16(9)14/h3-6,8-9H,7H2,1-2H3. The molecule has 2 heterocycles. The van der Waals surface area contributed by atoms with Crippen LogP contribution in [0.25, 0.3) is 11.8 Å². The molecule has 86 valence electrons. The molecule has 17 heavy (non-hydrogen) atoms. The number of carbonyl (C=O) groups excluding carboxylic acids is 1. The van der Waals surface area contributed by atoms with Crippen LogP contribution in [0, 0.1) is 0 Å². The van der Waals surface area contributed by atoms with Crippen LogP contribution < -0.4 is 10.4 Å². The van der Waals surface area contributed by atoms with Gasteiger partial charge in [0.2, 0.25) is 5.91 Å². The second kappa shape index (κ2) is 3.55. The maximum absolute atomic E-state index is 11.5. The second-order valence-corrected chi connectivity index (χ2v) is 4.63. The molecule has 1 aromatic carbocycles. The van der Waals surface area contributed by atoms with Crippen molar-refractivity contribution >= 4 is 23.5 Å². The van der Waals surface area contributed by atoms with Crippen molar-refractivity contribution < 1.29 is 4.79 Å². The average molecular weight is 226 g/mol. The van der Waals surface area contributed by atoms with Gasteiger partial charge < -0.3 is 4.90 Å². The molecular weight excluding hydrogens is 212 g/mol. The largest absolute Gasteiger partial charge is 0.329 e. The van der Waals surface area contributed by atoms with E-state index in [-0.39, 0.29) is 11.9 Å². The topological polar surface area (TPSA) is 32.7 Å². The van der Waals surface area contributed by atoms with Crippen LogP contribution in [0.4, 0.5) is 0 Å². The highest BCUT2D eigenvalue weighted by molar-refractivity contribution is 6.22. The summed E-state index contributed by atoms with van der Waals surface area (Å²) in [6, 6.07) is 8.41. The van der Waals surface area contributed by atoms with Gasteiger partial charge in [-0.1, -0.05) is 24.3 Å². The Bertz CT molecular complexity index is 642. The highest BCUT2D eigenvalue weighted by atomic mass is 16.1. The summed E-state index contributed by atoms with van der Waals surface area (Å²) >= 11 is 0. The second-order valence-electron chi connectivity index (χ2n) is 4.63. The Morgan fingerprint density at radius 1 is 1.35 bits per heavy atom. The van der Waals surface area contributed by atoms with Crippen LogP contribution >= 0.6 is 0 Å². The van der Waals surface area contributed by atoms with Gasteiger partial charge in [0.15, 0.2) is 0 Å². The van der Waals surface area contributed by atoms with Gasteiger partial charge in [0.05, 0.1) is 0 Å². The van der Waals surface area contributed by atoms with Gasteiger partial charge >= 0.3 is 0 Å². The average Bonchev–Trinajstić information content (AvgIpc) is 2.31. The van der Waals surface area contributed by atoms with Crippen molar-refractivity contribution in [2.45, 2.75) is 26.3 Å². The van der Waals surface area contributed by atoms with E-state index in [9.17, 15) is 4.79 Å². The first-order valence-electron chi connectivity index (χ1n) is 5.85. The molecule has 0 fully saturated rings. The highest BCUT2D eigenvalue weighted by Crippen LogP contribution is 2.18. The third-order valence-corrected chi connectivity index (χ3v) is 3.40. The molecule has 3 rings (SSSR count). The van der Waals surface area contributed by atoms with Gasteiger partial charge in [-0.25, -0.2) is 0 Å². The minimum Gasteiger partial charge on any atom is -0.329 e. The molecule has 3 nitrogen and oxygen atoms in total. The maximum Gasteiger partial charge on any atom is 0.249 e. The lowest BCUT2D eigenvalue weighted by atomic mass is 10.0. The van der Waals surface area contributed by atoms with Crippen LogP contribution in [-0.2, 0) is 4.79 Å². The van der Waals surface area contributed by atoms with Crippen molar-refractivity contribution in [3.05, 3.63) is 34.7 Å². The third-order valence-electron chi connectivity index (χ3n) is 3.40. The summed E-state index contributed by atoms with van der Waals surface area (Å²) in [4.78, 5) is 17.8. The quantitative estimate of drug-likeness (QED) is 0.650. The van der Waals surface area contributed by atoms with Crippen LogP contribution in [0.15, 0.2) is 29.3 Å². The number of amidine groups is 1. The summed E-state index contributed by atoms with van der Waals surface area (Å²) < 4.78 is 0. The number of carbonyl (C=O) groups is 1. The molecule has 2 aliphatic heterocycles. The molecule has 1 aromatic rings. The Labute approximate surface area is 99.8 Å². The van der Waals surface area contributed by atoms with Crippen molar-refractivity contribution in [1.82, 2.24) is 4.90 Å². The van der Waals surface area contributed by atoms with E-state index in [0.717, 1.165) is 11.4 Å². The van der Waals surface area contributed by atoms with Gasteiger partial charge in [-0.2, -0.15) is 4.99 Å². The molecule has 2 aliphatic rings. The molecule has 1 amide bonds. The molecular formula is C14H14N2O. The van der Waals surface area contributed by atoms with Crippen molar-refractivity contribution in [2.75, 3.05) is 0 Å². The van der Waals surface area contributed by atoms with Gasteiger partial charge in [0.1, 0.15) is 5.84 Å². The third kappa shape index (κ3) is 1.50. The van der Waals surface area contributed by atoms with Crippen molar-refractivity contribution in [3.63, 3.8) is 0 Å². The van der Waals surface area contributed by atoms with E-state index in [1.54, 1.807) is 0 Å². The number of hydrogen-bond acceptors (Lipinski definition) is 2. The monoisotopic (exact) mass is 226 g/mol. The van der Waals surface area contributed by atoms with E-state index in [4.69, 9.17) is 0 Å². The van der Waals surface area contributed by atoms with Crippen LogP contribution in [0.1, 0.15) is 20.3 Å². The summed E-state index contributed by atoms with van der Waals surface area (Å²) in [5.74, 6) is 0.795. The molecule has 0 saturated carbocycles. The molecule has 1 atom stereocenters. The summed E-state index contributed by atoms with van der Waals surface area (Å²) in [5, 5.41) is 2.37. The van der Waals surface area contributed by atoms with Crippen molar-refractivity contribution in [3.8, 4) is 0 Å². The van der Waals surface area contributed by atoms with Gasteiger partial charge in [-0.3, -0.25) is 4.79 Å².